The minimum atomic E-state index is -3.70. The maximum absolute atomic E-state index is 13.0. The largest absolute Gasteiger partial charge is 0.497 e. The molecule has 5 rings (SSSR count). The first-order chi connectivity index (χ1) is 15.4. The Bertz CT molecular complexity index is 1550. The second-order valence-electron chi connectivity index (χ2n) is 7.54. The van der Waals surface area contributed by atoms with Gasteiger partial charge in [0, 0.05) is 30.6 Å². The Kier molecular flexibility index (Phi) is 4.90. The number of rotatable bonds is 6. The highest BCUT2D eigenvalue weighted by Gasteiger charge is 2.23. The summed E-state index contributed by atoms with van der Waals surface area (Å²) in [5.41, 5.74) is 3.83. The average molecular weight is 449 g/mol. The lowest BCUT2D eigenvalue weighted by Gasteiger charge is -2.11. The number of benzene rings is 2. The van der Waals surface area contributed by atoms with Gasteiger partial charge >= 0.3 is 0 Å². The quantitative estimate of drug-likeness (QED) is 0.391. The molecular weight excluding hydrogens is 428 g/mol. The molecule has 0 spiro atoms. The Morgan fingerprint density at radius 2 is 1.81 bits per heavy atom. The number of aryl methyl sites for hydroxylation is 1. The maximum atomic E-state index is 13.0. The van der Waals surface area contributed by atoms with E-state index >= 15 is 0 Å². The molecule has 0 aliphatic carbocycles. The summed E-state index contributed by atoms with van der Waals surface area (Å²) in [6, 6.07) is 13.0. The lowest BCUT2D eigenvalue weighted by molar-refractivity contribution is 0.415. The van der Waals surface area contributed by atoms with E-state index in [0.29, 0.717) is 40.2 Å². The number of ether oxygens (including phenoxy) is 1. The van der Waals surface area contributed by atoms with Gasteiger partial charge in [0.25, 0.3) is 0 Å². The van der Waals surface area contributed by atoms with Gasteiger partial charge in [-0.2, -0.15) is 0 Å². The highest BCUT2D eigenvalue weighted by molar-refractivity contribution is 7.90. The highest BCUT2D eigenvalue weighted by Crippen LogP contribution is 2.29. The molecule has 162 valence electrons. The molecule has 0 N–H and O–H groups in total. The number of hydrogen-bond acceptors (Lipinski definition) is 7. The number of sulfone groups is 1. The fourth-order valence-electron chi connectivity index (χ4n) is 3.69. The molecule has 8 nitrogen and oxygen atoms in total. The third-order valence-corrected chi connectivity index (χ3v) is 6.75. The fourth-order valence-corrected chi connectivity index (χ4v) is 4.96. The van der Waals surface area contributed by atoms with Gasteiger partial charge in [0.1, 0.15) is 17.1 Å². The third kappa shape index (κ3) is 3.71. The number of furan rings is 1. The van der Waals surface area contributed by atoms with E-state index < -0.39 is 9.84 Å². The molecule has 0 radical (unpaired) electrons. The second-order valence-corrected chi connectivity index (χ2v) is 9.48. The van der Waals surface area contributed by atoms with Crippen LogP contribution in [0.25, 0.3) is 22.0 Å². The van der Waals surface area contributed by atoms with Crippen molar-refractivity contribution in [3.8, 4) is 5.75 Å². The molecule has 3 aromatic heterocycles. The zero-order chi connectivity index (χ0) is 22.3. The molecule has 0 amide bonds. The van der Waals surface area contributed by atoms with Crippen molar-refractivity contribution in [1.29, 1.82) is 0 Å². The van der Waals surface area contributed by atoms with Gasteiger partial charge < -0.3 is 13.7 Å². The van der Waals surface area contributed by atoms with Crippen molar-refractivity contribution in [1.82, 2.24) is 19.5 Å². The molecule has 9 heteroatoms. The number of imidazole rings is 1. The van der Waals surface area contributed by atoms with E-state index in [1.165, 1.54) is 12.5 Å². The van der Waals surface area contributed by atoms with Crippen LogP contribution in [0.2, 0.25) is 0 Å². The van der Waals surface area contributed by atoms with Gasteiger partial charge in [-0.15, -0.1) is 0 Å². The number of nitrogens with zero attached hydrogens (tertiary/aromatic N) is 4. The topological polar surface area (TPSA) is 100 Å². The van der Waals surface area contributed by atoms with Gasteiger partial charge in [-0.25, -0.2) is 23.4 Å². The molecule has 0 aliphatic rings. The van der Waals surface area contributed by atoms with Gasteiger partial charge in [-0.3, -0.25) is 0 Å². The Hall–Kier alpha value is -3.72. The normalized spacial score (nSPS) is 11.9. The van der Waals surface area contributed by atoms with Crippen LogP contribution in [0, 0.1) is 0 Å². The highest BCUT2D eigenvalue weighted by atomic mass is 32.2. The van der Waals surface area contributed by atoms with E-state index in [1.54, 1.807) is 25.0 Å². The summed E-state index contributed by atoms with van der Waals surface area (Å²) in [5, 5.41) is 0.909. The summed E-state index contributed by atoms with van der Waals surface area (Å²) in [6.07, 6.45) is 4.90. The zero-order valence-corrected chi connectivity index (χ0v) is 18.3. The predicted molar refractivity (Wildman–Crippen MR) is 119 cm³/mol. The lowest BCUT2D eigenvalue weighted by Crippen LogP contribution is -2.11. The third-order valence-electron chi connectivity index (χ3n) is 5.25. The molecule has 5 aromatic rings. The smallest absolute Gasteiger partial charge is 0.202 e. The zero-order valence-electron chi connectivity index (χ0n) is 17.5. The molecule has 0 bridgehead atoms. The first-order valence-electron chi connectivity index (χ1n) is 9.92. The molecule has 0 saturated heterocycles. The summed E-state index contributed by atoms with van der Waals surface area (Å²) in [5.74, 6) is 0.382. The molecule has 32 heavy (non-hydrogen) atoms. The monoisotopic (exact) mass is 448 g/mol. The Balaban J connectivity index is 1.63. The number of para-hydroxylation sites is 2. The summed E-state index contributed by atoms with van der Waals surface area (Å²) < 4.78 is 38.8. The van der Waals surface area contributed by atoms with Crippen molar-refractivity contribution in [3.63, 3.8) is 0 Å². The molecule has 0 atom stereocenters. The van der Waals surface area contributed by atoms with Gasteiger partial charge in [-0.05, 0) is 30.3 Å². The van der Waals surface area contributed by atoms with E-state index in [9.17, 15) is 8.42 Å². The summed E-state index contributed by atoms with van der Waals surface area (Å²) in [4.78, 5) is 13.4. The SMILES string of the molecule is COc1cc(Cc2nc3ccccc3nc2CS(=O)(=O)c2cn(C)cn2)c2occc2c1. The van der Waals surface area contributed by atoms with Crippen molar-refractivity contribution in [3.05, 3.63) is 78.2 Å². The van der Waals surface area contributed by atoms with Crippen molar-refractivity contribution in [2.45, 2.75) is 17.2 Å². The van der Waals surface area contributed by atoms with Crippen LogP contribution >= 0.6 is 0 Å². The van der Waals surface area contributed by atoms with E-state index in [1.807, 2.05) is 42.5 Å². The first-order valence-corrected chi connectivity index (χ1v) is 11.6. The number of methoxy groups -OCH3 is 1. The van der Waals surface area contributed by atoms with Gasteiger partial charge in [0.05, 0.1) is 42.1 Å². The molecular formula is C23H20N4O4S. The van der Waals surface area contributed by atoms with Crippen molar-refractivity contribution in [2.75, 3.05) is 7.11 Å². The standard InChI is InChI=1S/C23H20N4O4S/c1-27-12-22(24-14-27)32(28,29)13-21-20(25-18-5-3-4-6-19(18)26-21)11-16-10-17(30-2)9-15-7-8-31-23(15)16/h3-10,12,14H,11,13H2,1-2H3. The molecule has 0 unspecified atom stereocenters. The lowest BCUT2D eigenvalue weighted by atomic mass is 10.0. The number of aromatic nitrogens is 4. The van der Waals surface area contributed by atoms with Crippen LogP contribution in [0.4, 0.5) is 0 Å². The predicted octanol–water partition coefficient (Wildman–Crippen LogP) is 3.68. The molecule has 3 heterocycles. The van der Waals surface area contributed by atoms with E-state index in [2.05, 4.69) is 9.97 Å². The Morgan fingerprint density at radius 3 is 2.50 bits per heavy atom. The van der Waals surface area contributed by atoms with Crippen LogP contribution in [0.5, 0.6) is 5.75 Å². The van der Waals surface area contributed by atoms with Crippen molar-refractivity contribution >= 4 is 31.8 Å². The fraction of sp³-hybridized carbons (Fsp3) is 0.174. The van der Waals surface area contributed by atoms with E-state index in [0.717, 1.165) is 10.9 Å². The number of fused-ring (bicyclic) bond motifs is 2. The summed E-state index contributed by atoms with van der Waals surface area (Å²) in [6.45, 7) is 0. The van der Waals surface area contributed by atoms with Gasteiger partial charge in [0.15, 0.2) is 5.03 Å². The van der Waals surface area contributed by atoms with Gasteiger partial charge in [-0.1, -0.05) is 12.1 Å². The maximum Gasteiger partial charge on any atom is 0.202 e. The Morgan fingerprint density at radius 1 is 1.06 bits per heavy atom. The van der Waals surface area contributed by atoms with Crippen LogP contribution in [-0.2, 0) is 29.1 Å². The molecule has 0 aliphatic heterocycles. The minimum absolute atomic E-state index is 0.00992. The number of hydrogen-bond donors (Lipinski definition) is 0. The Labute approximate surface area is 184 Å². The molecule has 2 aromatic carbocycles. The first kappa shape index (κ1) is 20.2. The minimum Gasteiger partial charge on any atom is -0.497 e. The second kappa shape index (κ2) is 7.76. The van der Waals surface area contributed by atoms with Crippen LogP contribution < -0.4 is 4.74 Å². The van der Waals surface area contributed by atoms with E-state index in [4.69, 9.17) is 14.1 Å². The van der Waals surface area contributed by atoms with Crippen LogP contribution in [-0.4, -0.2) is 35.0 Å². The van der Waals surface area contributed by atoms with Crippen molar-refractivity contribution < 1.29 is 17.6 Å². The van der Waals surface area contributed by atoms with Gasteiger partial charge in [0.2, 0.25) is 9.84 Å². The van der Waals surface area contributed by atoms with Crippen LogP contribution in [0.15, 0.2) is 70.7 Å². The van der Waals surface area contributed by atoms with E-state index in [-0.39, 0.29) is 10.8 Å². The van der Waals surface area contributed by atoms with Crippen LogP contribution in [0.3, 0.4) is 0 Å². The van der Waals surface area contributed by atoms with Crippen LogP contribution in [0.1, 0.15) is 17.0 Å². The summed E-state index contributed by atoms with van der Waals surface area (Å²) in [7, 11) is -0.373. The molecule has 0 saturated carbocycles. The summed E-state index contributed by atoms with van der Waals surface area (Å²) >= 11 is 0. The average Bonchev–Trinajstić information content (AvgIpc) is 3.43. The molecule has 0 fully saturated rings. The van der Waals surface area contributed by atoms with Crippen molar-refractivity contribution in [2.24, 2.45) is 7.05 Å².